The van der Waals surface area contributed by atoms with Crippen molar-refractivity contribution in [2.45, 2.75) is 73.3 Å². The molecule has 0 aliphatic heterocycles. The van der Waals surface area contributed by atoms with E-state index in [1.54, 1.807) is 13.1 Å². The van der Waals surface area contributed by atoms with E-state index in [1.165, 1.54) is 6.08 Å². The smallest absolute Gasteiger partial charge is 0.286 e. The predicted octanol–water partition coefficient (Wildman–Crippen LogP) is 8.45. The average molecular weight is 465 g/mol. The Hall–Kier alpha value is -2.27. The summed E-state index contributed by atoms with van der Waals surface area (Å²) in [5.74, 6) is -2.43. The topological polar surface area (TPSA) is 34.0 Å². The van der Waals surface area contributed by atoms with E-state index in [2.05, 4.69) is 16.6 Å². The van der Waals surface area contributed by atoms with Crippen molar-refractivity contribution in [3.8, 4) is 0 Å². The summed E-state index contributed by atoms with van der Waals surface area (Å²) in [6.07, 6.45) is 5.49. The lowest BCUT2D eigenvalue weighted by Gasteiger charge is -2.18. The molecule has 1 atom stereocenters. The number of allylic oxidation sites excluding steroid dienone is 3. The molecule has 0 N–H and O–H groups in total. The average Bonchev–Trinajstić information content (AvgIpc) is 2.75. The van der Waals surface area contributed by atoms with Gasteiger partial charge in [-0.25, -0.2) is 4.99 Å². The van der Waals surface area contributed by atoms with Crippen molar-refractivity contribution in [1.82, 2.24) is 0 Å². The Balaban J connectivity index is 2.95. The highest BCUT2D eigenvalue weighted by atomic mass is 35.5. The third kappa shape index (κ3) is 9.07. The monoisotopic (exact) mass is 464 g/mol. The Morgan fingerprint density at radius 3 is 2.38 bits per heavy atom. The molecule has 1 aromatic carbocycles. The van der Waals surface area contributed by atoms with Crippen molar-refractivity contribution in [3.63, 3.8) is 0 Å². The quantitative estimate of drug-likeness (QED) is 0.173. The Morgan fingerprint density at radius 1 is 1.25 bits per heavy atom. The molecule has 1 unspecified atom stereocenters. The SMILES string of the molecule is C=C(OCc1ccc(C(=N/C(=C\C)C(C)(F)F)C(C)CC)cc1)/C(C)=C\N=C(Cl)CCC. The van der Waals surface area contributed by atoms with Gasteiger partial charge in [-0.3, -0.25) is 4.99 Å². The summed E-state index contributed by atoms with van der Waals surface area (Å²) in [6.45, 7) is 14.6. The van der Waals surface area contributed by atoms with Gasteiger partial charge < -0.3 is 4.74 Å². The Labute approximate surface area is 196 Å². The van der Waals surface area contributed by atoms with Gasteiger partial charge in [0.1, 0.15) is 23.2 Å². The fourth-order valence-electron chi connectivity index (χ4n) is 2.76. The molecular formula is C26H35ClF2N2O. The zero-order valence-corrected chi connectivity index (χ0v) is 20.8. The van der Waals surface area contributed by atoms with E-state index in [-0.39, 0.29) is 11.6 Å². The van der Waals surface area contributed by atoms with E-state index in [0.717, 1.165) is 42.9 Å². The normalized spacial score (nSPS) is 15.0. The zero-order chi connectivity index (χ0) is 24.3. The number of rotatable bonds is 12. The molecule has 1 aromatic rings. The fourth-order valence-corrected chi connectivity index (χ4v) is 3.00. The fraction of sp³-hybridized carbons (Fsp3) is 0.462. The minimum Gasteiger partial charge on any atom is -0.489 e. The van der Waals surface area contributed by atoms with Crippen LogP contribution in [0.3, 0.4) is 0 Å². The highest BCUT2D eigenvalue weighted by Crippen LogP contribution is 2.27. The van der Waals surface area contributed by atoms with Crippen LogP contribution in [0, 0.1) is 5.92 Å². The molecule has 176 valence electrons. The van der Waals surface area contributed by atoms with Gasteiger partial charge in [-0.1, -0.05) is 69.3 Å². The number of hydrogen-bond acceptors (Lipinski definition) is 3. The van der Waals surface area contributed by atoms with Crippen LogP contribution in [0.25, 0.3) is 0 Å². The highest BCUT2D eigenvalue weighted by molar-refractivity contribution is 6.65. The van der Waals surface area contributed by atoms with E-state index in [0.29, 0.717) is 23.2 Å². The molecule has 0 amide bonds. The summed E-state index contributed by atoms with van der Waals surface area (Å²) >= 11 is 6.02. The molecule has 0 aliphatic carbocycles. The lowest BCUT2D eigenvalue weighted by Crippen LogP contribution is -2.18. The molecular weight excluding hydrogens is 430 g/mol. The van der Waals surface area contributed by atoms with Gasteiger partial charge in [0, 0.05) is 25.1 Å². The first-order valence-corrected chi connectivity index (χ1v) is 11.3. The standard InChI is InChI=1S/C26H35ClF2N2O/c1-8-11-24(27)30-16-19(5)20(6)32-17-21-12-14-22(15-13-21)25(18(4)9-2)31-23(10-3)26(7,28)29/h10,12-16,18H,6,8-9,11,17H2,1-5,7H3/b19-16-,23-10-,30-24?,31-25?. The molecule has 0 saturated heterocycles. The van der Waals surface area contributed by atoms with Crippen molar-refractivity contribution < 1.29 is 13.5 Å². The number of nitrogens with zero attached hydrogens (tertiary/aromatic N) is 2. The second kappa shape index (κ2) is 13.3. The van der Waals surface area contributed by atoms with E-state index >= 15 is 0 Å². The summed E-state index contributed by atoms with van der Waals surface area (Å²) in [5, 5.41) is 0.552. The van der Waals surface area contributed by atoms with Crippen LogP contribution in [-0.4, -0.2) is 16.8 Å². The second-order valence-corrected chi connectivity index (χ2v) is 8.28. The summed E-state index contributed by atoms with van der Waals surface area (Å²) < 4.78 is 33.5. The van der Waals surface area contributed by atoms with Crippen LogP contribution in [0.4, 0.5) is 8.78 Å². The minimum atomic E-state index is -2.99. The van der Waals surface area contributed by atoms with E-state index in [9.17, 15) is 8.78 Å². The highest BCUT2D eigenvalue weighted by Gasteiger charge is 2.28. The van der Waals surface area contributed by atoms with Gasteiger partial charge in [0.05, 0.1) is 5.71 Å². The molecule has 0 fully saturated rings. The van der Waals surface area contributed by atoms with Gasteiger partial charge in [0.25, 0.3) is 5.92 Å². The molecule has 0 radical (unpaired) electrons. The molecule has 0 saturated carbocycles. The maximum absolute atomic E-state index is 13.9. The third-order valence-electron chi connectivity index (χ3n) is 5.00. The minimum absolute atomic E-state index is 0.0436. The third-order valence-corrected chi connectivity index (χ3v) is 5.29. The maximum Gasteiger partial charge on any atom is 0.286 e. The first kappa shape index (κ1) is 27.8. The second-order valence-electron chi connectivity index (χ2n) is 7.84. The molecule has 6 heteroatoms. The lowest BCUT2D eigenvalue weighted by atomic mass is 9.95. The molecule has 1 rings (SSSR count). The first-order valence-electron chi connectivity index (χ1n) is 11.0. The molecule has 0 aromatic heterocycles. The number of benzene rings is 1. The van der Waals surface area contributed by atoms with Crippen molar-refractivity contribution in [2.24, 2.45) is 15.9 Å². The van der Waals surface area contributed by atoms with Gasteiger partial charge in [-0.05, 0) is 43.7 Å². The van der Waals surface area contributed by atoms with E-state index in [4.69, 9.17) is 16.3 Å². The molecule has 0 spiro atoms. The number of alkyl halides is 2. The van der Waals surface area contributed by atoms with Crippen LogP contribution in [-0.2, 0) is 11.3 Å². The largest absolute Gasteiger partial charge is 0.489 e. The van der Waals surface area contributed by atoms with Crippen LogP contribution in [0.15, 0.2) is 70.1 Å². The van der Waals surface area contributed by atoms with Gasteiger partial charge in [0.2, 0.25) is 0 Å². The van der Waals surface area contributed by atoms with Crippen molar-refractivity contribution in [1.29, 1.82) is 0 Å². The van der Waals surface area contributed by atoms with Crippen LogP contribution < -0.4 is 0 Å². The van der Waals surface area contributed by atoms with Gasteiger partial charge in [0.15, 0.2) is 0 Å². The summed E-state index contributed by atoms with van der Waals surface area (Å²) in [7, 11) is 0. The predicted molar refractivity (Wildman–Crippen MR) is 133 cm³/mol. The molecule has 0 aliphatic rings. The Morgan fingerprint density at radius 2 is 1.88 bits per heavy atom. The van der Waals surface area contributed by atoms with Crippen LogP contribution in [0.2, 0.25) is 0 Å². The molecule has 0 heterocycles. The molecule has 32 heavy (non-hydrogen) atoms. The number of ether oxygens (including phenoxy) is 1. The zero-order valence-electron chi connectivity index (χ0n) is 20.0. The van der Waals surface area contributed by atoms with Crippen LogP contribution >= 0.6 is 11.6 Å². The number of aliphatic imine (C=N–C) groups is 2. The van der Waals surface area contributed by atoms with Crippen molar-refractivity contribution >= 4 is 22.5 Å². The Kier molecular flexibility index (Phi) is 11.6. The summed E-state index contributed by atoms with van der Waals surface area (Å²) in [6, 6.07) is 7.61. The lowest BCUT2D eigenvalue weighted by molar-refractivity contribution is 0.0619. The first-order chi connectivity index (χ1) is 15.0. The van der Waals surface area contributed by atoms with Crippen molar-refractivity contribution in [2.75, 3.05) is 0 Å². The van der Waals surface area contributed by atoms with Crippen LogP contribution in [0.5, 0.6) is 0 Å². The number of hydrogen-bond donors (Lipinski definition) is 0. The van der Waals surface area contributed by atoms with E-state index < -0.39 is 5.92 Å². The maximum atomic E-state index is 13.9. The van der Waals surface area contributed by atoms with Gasteiger partial charge >= 0.3 is 0 Å². The number of halogens is 3. The molecule has 3 nitrogen and oxygen atoms in total. The van der Waals surface area contributed by atoms with Gasteiger partial charge in [-0.2, -0.15) is 8.78 Å². The Bertz CT molecular complexity index is 878. The van der Waals surface area contributed by atoms with Crippen LogP contribution in [0.1, 0.15) is 71.9 Å². The van der Waals surface area contributed by atoms with E-state index in [1.807, 2.05) is 52.0 Å². The van der Waals surface area contributed by atoms with Gasteiger partial charge in [-0.15, -0.1) is 0 Å². The van der Waals surface area contributed by atoms with Crippen molar-refractivity contribution in [3.05, 3.63) is 71.3 Å². The summed E-state index contributed by atoms with van der Waals surface area (Å²) in [4.78, 5) is 8.53. The molecule has 0 bridgehead atoms. The summed E-state index contributed by atoms with van der Waals surface area (Å²) in [5.41, 5.74) is 2.98.